The molecule has 0 amide bonds. The average molecular weight is 190 g/mol. The second-order valence-corrected chi connectivity index (χ2v) is 4.36. The van der Waals surface area contributed by atoms with E-state index in [0.29, 0.717) is 17.9 Å². The van der Waals surface area contributed by atoms with Crippen LogP contribution in [0.15, 0.2) is 0 Å². The molecule has 0 aromatic rings. The summed E-state index contributed by atoms with van der Waals surface area (Å²) in [6, 6.07) is 0. The fraction of sp³-hybridized carbons (Fsp3) is 1.00. The van der Waals surface area contributed by atoms with Crippen LogP contribution < -0.4 is 0 Å². The fourth-order valence-electron chi connectivity index (χ4n) is 1.36. The maximum Gasteiger partial charge on any atom is 0.149 e. The molecule has 74 valence electrons. The molecule has 0 heterocycles. The molecule has 0 saturated heterocycles. The first-order chi connectivity index (χ1) is 5.49. The lowest BCUT2D eigenvalue weighted by Crippen LogP contribution is -2.30. The third kappa shape index (κ3) is 4.23. The van der Waals surface area contributed by atoms with Gasteiger partial charge < -0.3 is 9.16 Å². The van der Waals surface area contributed by atoms with Crippen LogP contribution in [0.5, 0.6) is 0 Å². The SMILES string of the molecule is CC(O[SiH3])OC(C(C)C)C(C)C. The van der Waals surface area contributed by atoms with E-state index in [-0.39, 0.29) is 6.29 Å². The Kier molecular flexibility index (Phi) is 5.79. The van der Waals surface area contributed by atoms with Crippen LogP contribution in [0, 0.1) is 11.8 Å². The van der Waals surface area contributed by atoms with Gasteiger partial charge in [-0.05, 0) is 18.8 Å². The highest BCUT2D eigenvalue weighted by atomic mass is 28.2. The van der Waals surface area contributed by atoms with Crippen LogP contribution in [-0.2, 0) is 9.16 Å². The molecule has 0 aromatic carbocycles. The molecule has 0 bridgehead atoms. The van der Waals surface area contributed by atoms with Gasteiger partial charge in [-0.25, -0.2) is 0 Å². The van der Waals surface area contributed by atoms with Gasteiger partial charge in [-0.3, -0.25) is 0 Å². The van der Waals surface area contributed by atoms with Crippen LogP contribution in [-0.4, -0.2) is 22.9 Å². The predicted octanol–water partition coefficient (Wildman–Crippen LogP) is 1.33. The van der Waals surface area contributed by atoms with E-state index in [9.17, 15) is 0 Å². The van der Waals surface area contributed by atoms with Crippen molar-refractivity contribution in [2.75, 3.05) is 0 Å². The smallest absolute Gasteiger partial charge is 0.149 e. The molecule has 0 spiro atoms. The van der Waals surface area contributed by atoms with Crippen LogP contribution in [0.1, 0.15) is 34.6 Å². The molecule has 0 aliphatic rings. The molecule has 1 unspecified atom stereocenters. The Morgan fingerprint density at radius 1 is 0.917 bits per heavy atom. The highest BCUT2D eigenvalue weighted by molar-refractivity contribution is 5.98. The van der Waals surface area contributed by atoms with Crippen LogP contribution in [0.2, 0.25) is 0 Å². The van der Waals surface area contributed by atoms with E-state index < -0.39 is 0 Å². The van der Waals surface area contributed by atoms with Crippen molar-refractivity contribution in [3.8, 4) is 0 Å². The minimum Gasteiger partial charge on any atom is -0.404 e. The lowest BCUT2D eigenvalue weighted by atomic mass is 9.96. The molecule has 3 heteroatoms. The summed E-state index contributed by atoms with van der Waals surface area (Å²) in [5, 5.41) is 0. The molecule has 0 rings (SSSR count). The van der Waals surface area contributed by atoms with Crippen molar-refractivity contribution in [3.05, 3.63) is 0 Å². The minimum absolute atomic E-state index is 0.0357. The summed E-state index contributed by atoms with van der Waals surface area (Å²) in [6.45, 7) is 10.7. The molecular formula is C9H22O2Si. The highest BCUT2D eigenvalue weighted by Gasteiger charge is 2.20. The number of hydrogen-bond donors (Lipinski definition) is 0. The zero-order chi connectivity index (χ0) is 9.72. The van der Waals surface area contributed by atoms with E-state index in [4.69, 9.17) is 9.16 Å². The van der Waals surface area contributed by atoms with Crippen molar-refractivity contribution in [2.45, 2.75) is 47.0 Å². The Hall–Kier alpha value is 0.137. The first kappa shape index (κ1) is 12.1. The lowest BCUT2D eigenvalue weighted by Gasteiger charge is -2.28. The van der Waals surface area contributed by atoms with E-state index in [1.54, 1.807) is 0 Å². The molecule has 0 saturated carbocycles. The highest BCUT2D eigenvalue weighted by Crippen LogP contribution is 2.17. The van der Waals surface area contributed by atoms with Crippen molar-refractivity contribution in [1.82, 2.24) is 0 Å². The first-order valence-corrected chi connectivity index (χ1v) is 5.49. The zero-order valence-corrected chi connectivity index (χ0v) is 11.1. The van der Waals surface area contributed by atoms with Gasteiger partial charge in [0, 0.05) is 0 Å². The Labute approximate surface area is 79.2 Å². The Morgan fingerprint density at radius 2 is 1.33 bits per heavy atom. The normalized spacial score (nSPS) is 15.0. The van der Waals surface area contributed by atoms with Gasteiger partial charge in [-0.15, -0.1) is 0 Å². The third-order valence-corrected chi connectivity index (χ3v) is 2.66. The van der Waals surface area contributed by atoms with Crippen molar-refractivity contribution in [1.29, 1.82) is 0 Å². The predicted molar refractivity (Wildman–Crippen MR) is 55.0 cm³/mol. The number of hydrogen-bond acceptors (Lipinski definition) is 2. The second-order valence-electron chi connectivity index (χ2n) is 3.89. The van der Waals surface area contributed by atoms with Crippen molar-refractivity contribution in [3.63, 3.8) is 0 Å². The molecule has 0 N–H and O–H groups in total. The molecule has 0 aromatic heterocycles. The van der Waals surface area contributed by atoms with E-state index in [0.717, 1.165) is 10.5 Å². The van der Waals surface area contributed by atoms with Crippen LogP contribution >= 0.6 is 0 Å². The van der Waals surface area contributed by atoms with Crippen molar-refractivity contribution in [2.24, 2.45) is 11.8 Å². The summed E-state index contributed by atoms with van der Waals surface area (Å²) in [6.07, 6.45) is 0.278. The largest absolute Gasteiger partial charge is 0.404 e. The average Bonchev–Trinajstić information content (AvgIpc) is 1.98. The summed E-state index contributed by atoms with van der Waals surface area (Å²) in [7, 11) is 0.745. The minimum atomic E-state index is -0.0357. The van der Waals surface area contributed by atoms with Gasteiger partial charge in [-0.1, -0.05) is 27.7 Å². The molecule has 2 nitrogen and oxygen atoms in total. The van der Waals surface area contributed by atoms with Gasteiger partial charge >= 0.3 is 0 Å². The zero-order valence-electron chi connectivity index (χ0n) is 9.13. The molecular weight excluding hydrogens is 168 g/mol. The molecule has 0 aliphatic heterocycles. The number of rotatable bonds is 5. The van der Waals surface area contributed by atoms with Crippen molar-refractivity contribution >= 4 is 10.5 Å². The summed E-state index contributed by atoms with van der Waals surface area (Å²) >= 11 is 0. The van der Waals surface area contributed by atoms with Gasteiger partial charge in [0.15, 0.2) is 0 Å². The monoisotopic (exact) mass is 190 g/mol. The Balaban J connectivity index is 3.95. The van der Waals surface area contributed by atoms with Gasteiger partial charge in [-0.2, -0.15) is 0 Å². The quantitative estimate of drug-likeness (QED) is 0.481. The fourth-order valence-corrected chi connectivity index (χ4v) is 1.47. The Bertz CT molecular complexity index is 107. The molecule has 0 radical (unpaired) electrons. The maximum atomic E-state index is 5.73. The van der Waals surface area contributed by atoms with E-state index in [1.165, 1.54) is 0 Å². The molecule has 0 fully saturated rings. The van der Waals surface area contributed by atoms with Crippen molar-refractivity contribution < 1.29 is 9.16 Å². The van der Waals surface area contributed by atoms with Gasteiger partial charge in [0.2, 0.25) is 0 Å². The van der Waals surface area contributed by atoms with Gasteiger partial charge in [0.25, 0.3) is 0 Å². The van der Waals surface area contributed by atoms with Gasteiger partial charge in [0.1, 0.15) is 16.8 Å². The summed E-state index contributed by atoms with van der Waals surface area (Å²) in [4.78, 5) is 0. The topological polar surface area (TPSA) is 18.5 Å². The summed E-state index contributed by atoms with van der Waals surface area (Å²) in [5.41, 5.74) is 0. The lowest BCUT2D eigenvalue weighted by molar-refractivity contribution is -0.134. The second kappa shape index (κ2) is 5.73. The molecule has 1 atom stereocenters. The third-order valence-electron chi connectivity index (χ3n) is 1.99. The number of ether oxygens (including phenoxy) is 1. The van der Waals surface area contributed by atoms with Crippen LogP contribution in [0.25, 0.3) is 0 Å². The molecule has 0 aliphatic carbocycles. The standard InChI is InChI=1S/C9H22O2Si/c1-6(2)9(7(3)4)10-8(5)11-12/h6-9H,1-5,12H3. The van der Waals surface area contributed by atoms with E-state index >= 15 is 0 Å². The van der Waals surface area contributed by atoms with Crippen LogP contribution in [0.4, 0.5) is 0 Å². The van der Waals surface area contributed by atoms with Gasteiger partial charge in [0.05, 0.1) is 6.10 Å². The molecule has 12 heavy (non-hydrogen) atoms. The maximum absolute atomic E-state index is 5.73. The van der Waals surface area contributed by atoms with E-state index in [1.807, 2.05) is 6.92 Å². The first-order valence-electron chi connectivity index (χ1n) is 4.67. The Morgan fingerprint density at radius 3 is 1.58 bits per heavy atom. The van der Waals surface area contributed by atoms with E-state index in [2.05, 4.69) is 27.7 Å². The van der Waals surface area contributed by atoms with Crippen LogP contribution in [0.3, 0.4) is 0 Å². The summed E-state index contributed by atoms with van der Waals surface area (Å²) in [5.74, 6) is 1.12. The summed E-state index contributed by atoms with van der Waals surface area (Å²) < 4.78 is 10.9.